The summed E-state index contributed by atoms with van der Waals surface area (Å²) in [6, 6.07) is 16.2. The number of benzene rings is 2. The fraction of sp³-hybridized carbons (Fsp3) is 0.810. The lowest BCUT2D eigenvalue weighted by molar-refractivity contribution is -0.710. The van der Waals surface area contributed by atoms with Crippen LogP contribution in [0.1, 0.15) is 49.9 Å². The van der Waals surface area contributed by atoms with E-state index in [0.29, 0.717) is 26.4 Å². The van der Waals surface area contributed by atoms with E-state index in [9.17, 15) is 103 Å². The monoisotopic (exact) mass is 1990 g/mol. The van der Waals surface area contributed by atoms with Crippen LogP contribution < -0.4 is 39.5 Å². The van der Waals surface area contributed by atoms with Crippen LogP contribution in [0.3, 0.4) is 0 Å². The number of hydrogen-bond acceptors (Lipinski definition) is 48. The summed E-state index contributed by atoms with van der Waals surface area (Å²) in [7, 11) is -8.29. The second kappa shape index (κ2) is 53.7. The molecule has 5 aliphatic carbocycles. The van der Waals surface area contributed by atoms with Crippen LogP contribution in [0.15, 0.2) is 48.5 Å². The molecule has 13 aliphatic rings. The minimum Gasteiger partial charge on any atom is -0.790 e. The Morgan fingerprint density at radius 1 is 0.447 bits per heavy atom. The maximum atomic E-state index is 12.2. The summed E-state index contributed by atoms with van der Waals surface area (Å²) in [6.45, 7) is 10.5. The van der Waals surface area contributed by atoms with Crippen molar-refractivity contribution in [3.05, 3.63) is 70.8 Å². The minimum absolute atomic E-state index is 0. The average Bonchev–Trinajstić information content (AvgIpc) is 1.29. The molecular formula is C63H106NO48P11-8. The summed E-state index contributed by atoms with van der Waals surface area (Å²) in [6.07, 6.45) is -29.8. The normalized spacial score (nSPS) is 37.6. The van der Waals surface area contributed by atoms with E-state index in [0.717, 1.165) is 38.4 Å². The van der Waals surface area contributed by atoms with Crippen molar-refractivity contribution in [2.24, 2.45) is 0 Å². The van der Waals surface area contributed by atoms with E-state index >= 15 is 0 Å². The molecule has 8 heterocycles. The van der Waals surface area contributed by atoms with Gasteiger partial charge in [-0.3, -0.25) is 18.3 Å². The average molecular weight is 1990 g/mol. The maximum absolute atomic E-state index is 12.2. The van der Waals surface area contributed by atoms with Gasteiger partial charge in [0.1, 0.15) is 165 Å². The number of ether oxygens (including phenoxy) is 14. The Labute approximate surface area is 721 Å². The Morgan fingerprint density at radius 3 is 1.03 bits per heavy atom. The van der Waals surface area contributed by atoms with Gasteiger partial charge in [-0.05, 0) is 22.3 Å². The molecule has 10 N–H and O–H groups in total. The van der Waals surface area contributed by atoms with Crippen LogP contribution in [0.25, 0.3) is 0 Å². The Balaban J connectivity index is 0.000000302. The maximum Gasteiger partial charge on any atom is 0.333 e. The first kappa shape index (κ1) is 115. The van der Waals surface area contributed by atoms with E-state index in [2.05, 4.69) is 68.0 Å². The summed E-state index contributed by atoms with van der Waals surface area (Å²) in [5.74, 6) is 0. The smallest absolute Gasteiger partial charge is 0.333 e. The molecule has 0 aromatic heterocycles. The van der Waals surface area contributed by atoms with Crippen LogP contribution in [0.5, 0.6) is 0 Å². The van der Waals surface area contributed by atoms with Crippen LogP contribution in [0.2, 0.25) is 0 Å². The van der Waals surface area contributed by atoms with Gasteiger partial charge in [0.05, 0.1) is 81.7 Å². The number of nitrogens with zero attached hydrogens (tertiary/aromatic N) is 1. The SMILES string of the molecule is CC(C)P1(=O)OCc2ccccc2CO1.CCN(CC)P1OCc2ccccc2CO1.COC1C(O)C(O)[C@H](O)C(OC)C1O.COC1C(OP(=O)([O-])[O-])[C@H](OP(=O)([O-])[O-])[C@H](O[O-])C(OC)[C@@H]1OP(=O)([O-])[O-].COC1C(OP)C(OC)[C@@H](P=O)C(OP)C1P=O.COC1C2OC3OC(C2O)[C@@H](OC)C1O3.O.O=P[O-].OC1C2OC3OC1C(O)C(O3)C2O.P. The van der Waals surface area contributed by atoms with Crippen molar-refractivity contribution in [2.45, 2.75) is 255 Å². The highest BCUT2D eigenvalue weighted by molar-refractivity contribution is 7.54. The summed E-state index contributed by atoms with van der Waals surface area (Å²) in [4.78, 5) is 77.6. The van der Waals surface area contributed by atoms with Crippen LogP contribution in [-0.4, -0.2) is 322 Å². The van der Waals surface area contributed by atoms with Crippen molar-refractivity contribution in [3.63, 3.8) is 0 Å². The fourth-order valence-corrected chi connectivity index (χ4v) is 21.5. The fourth-order valence-electron chi connectivity index (χ4n) is 14.6. The van der Waals surface area contributed by atoms with E-state index in [1.807, 2.05) is 50.2 Å². The molecule has 22 unspecified atom stereocenters. The molecule has 28 atom stereocenters. The third kappa shape index (κ3) is 29.6. The lowest BCUT2D eigenvalue weighted by atomic mass is 9.82. The van der Waals surface area contributed by atoms with Crippen LogP contribution >= 0.6 is 94.0 Å². The van der Waals surface area contributed by atoms with Crippen molar-refractivity contribution in [1.29, 1.82) is 0 Å². The number of methoxy groups -OCH3 is 8. The van der Waals surface area contributed by atoms with Crippen LogP contribution in [0, 0.1) is 0 Å². The van der Waals surface area contributed by atoms with Crippen molar-refractivity contribution in [3.8, 4) is 0 Å². The first-order valence-electron chi connectivity index (χ1n) is 36.3. The van der Waals surface area contributed by atoms with E-state index in [4.69, 9.17) is 103 Å². The van der Waals surface area contributed by atoms with E-state index in [-0.39, 0.29) is 68.5 Å². The molecule has 0 spiro atoms. The largest absolute Gasteiger partial charge is 0.790 e. The lowest BCUT2D eigenvalue weighted by Crippen LogP contribution is -2.75. The predicted molar refractivity (Wildman–Crippen MR) is 412 cm³/mol. The molecule has 60 heteroatoms. The zero-order valence-electron chi connectivity index (χ0n) is 67.8. The highest BCUT2D eigenvalue weighted by atomic mass is 31.2. The van der Waals surface area contributed by atoms with Crippen molar-refractivity contribution >= 4 is 94.0 Å². The number of aliphatic hydroxyl groups excluding tert-OH is 8. The molecule has 11 fully saturated rings. The summed E-state index contributed by atoms with van der Waals surface area (Å²) < 4.78 is 195. The number of fused-ring (bicyclic) bond motifs is 2. The van der Waals surface area contributed by atoms with Gasteiger partial charge in [-0.1, -0.05) is 76.2 Å². The molecule has 0 radical (unpaired) electrons. The molecule has 8 bridgehead atoms. The highest BCUT2D eigenvalue weighted by Crippen LogP contribution is 2.56. The van der Waals surface area contributed by atoms with E-state index in [1.165, 1.54) is 39.6 Å². The second-order valence-electron chi connectivity index (χ2n) is 27.4. The van der Waals surface area contributed by atoms with Gasteiger partial charge in [0.15, 0.2) is 16.9 Å². The molecular weight excluding hydrogens is 1880 g/mol. The van der Waals surface area contributed by atoms with Crippen LogP contribution in [-0.2, 0) is 170 Å². The minimum atomic E-state index is -5.96. The van der Waals surface area contributed by atoms with Crippen molar-refractivity contribution < 1.29 is 230 Å². The molecule has 123 heavy (non-hydrogen) atoms. The Morgan fingerprint density at radius 2 is 0.740 bits per heavy atom. The Bertz CT molecular complexity index is 3480. The Hall–Kier alpha value is -0.300. The van der Waals surface area contributed by atoms with Gasteiger partial charge >= 0.3 is 7.60 Å². The standard InChI is InChI=1S/C12H18NO2P.C11H15O3P.C9H14O6.C8H19O16P3.C8H16O6P4.C8H16O6.C7H10O6.HO2P.H2O.H3P/c1-3-13(4-2)16-14-9-11-7-5-6-8-12(11)10-15-16;1-9(2)15(12)13-7-10-5-3-4-6-11(10)8-14-15;1-11-6-4-3(10)5-7(12-2)8(6)15-9(13-4)14-5;1-19-3-5(21-9)8(24-27(16,17)18)7(23-26(13,14)15)4(20-2)6(3)22-25(10,11)12;1-11-4-3(13-15)5(12-2)8(18-10)6(14-16)7(4)17-9;1-13-7-4(10)3(9)5(11)8(14-2)6(7)12;8-1-4-2(9)6-3(10)5(1)12-7(11-4)13-6;1-3-2;;/h5-8H,3-4,9-10H2,1-2H3;3-6,9H,7-8H2,1-2H3;3-10H,1-2H3;3-9H,1-2H3,(H2,10,11,12)(H2,13,14,15)(H2,16,17,18);3-8H,15-16H2,1-2H3;3-12H,1-2H3;1-10H;(H,1,2);1H2;1H3/p-8/t;;3?,4?,5?,6-,7?,8?,9?;3?,4?,5-,6+,7?,8-;3?,4?,5?,6?,7-,8?;3?,4-,5?,6?,7?,8?;;;;/m..1110..../s1. The number of rotatable bonds is 23. The van der Waals surface area contributed by atoms with Gasteiger partial charge in [-0.2, -0.15) is 9.90 Å². The van der Waals surface area contributed by atoms with Gasteiger partial charge in [-0.25, -0.2) is 4.67 Å². The summed E-state index contributed by atoms with van der Waals surface area (Å²) >= 11 is 0. The topological polar surface area (TPSA) is 722 Å². The second-order valence-corrected chi connectivity index (χ2v) is 37.2. The number of phosphoric ester groups is 3. The molecule has 8 aliphatic heterocycles. The Kier molecular flexibility index (Phi) is 50.2. The summed E-state index contributed by atoms with van der Waals surface area (Å²) in [5.41, 5.74) is 3.59. The lowest BCUT2D eigenvalue weighted by Gasteiger charge is -2.57. The summed E-state index contributed by atoms with van der Waals surface area (Å²) in [5, 5.41) is 87.5. The first-order valence-corrected chi connectivity index (χ1v) is 46.9. The third-order valence-corrected chi connectivity index (χ3v) is 28.2. The molecule has 6 saturated heterocycles. The van der Waals surface area contributed by atoms with Gasteiger partial charge in [-0.15, -0.1) is 0 Å². The van der Waals surface area contributed by atoms with Gasteiger partial charge in [0.25, 0.3) is 21.5 Å². The molecule has 2 aromatic carbocycles. The number of phosphoric acid groups is 3. The zero-order valence-corrected chi connectivity index (χ0v) is 78.7. The van der Waals surface area contributed by atoms with Gasteiger partial charge in [0.2, 0.25) is 0 Å². The molecule has 714 valence electrons. The highest BCUT2D eigenvalue weighted by Gasteiger charge is 2.64. The predicted octanol–water partition coefficient (Wildman–Crippen LogP) is -5.66. The molecule has 0 amide bonds. The van der Waals surface area contributed by atoms with E-state index < -0.39 is 213 Å². The van der Waals surface area contributed by atoms with Crippen LogP contribution in [0.4, 0.5) is 0 Å². The number of hydrogen-bond donors (Lipinski definition) is 8. The van der Waals surface area contributed by atoms with Gasteiger partial charge < -0.3 is 211 Å². The van der Waals surface area contributed by atoms with E-state index in [1.54, 1.807) is 14.2 Å². The first-order chi connectivity index (χ1) is 57.2. The molecule has 2 aromatic rings. The van der Waals surface area contributed by atoms with Crippen molar-refractivity contribution in [2.75, 3.05) is 70.0 Å². The number of aliphatic hydroxyl groups is 8. The zero-order chi connectivity index (χ0) is 90.5. The molecule has 15 rings (SSSR count). The van der Waals surface area contributed by atoms with Crippen molar-refractivity contribution in [1.82, 2.24) is 4.67 Å². The quantitative estimate of drug-likeness (QED) is 0.0292. The van der Waals surface area contributed by atoms with Gasteiger partial charge in [0, 0.05) is 88.9 Å². The molecule has 49 nitrogen and oxygen atoms in total. The molecule has 5 saturated carbocycles. The third-order valence-electron chi connectivity index (χ3n) is 20.5.